The van der Waals surface area contributed by atoms with Crippen LogP contribution in [0, 0.1) is 65.1 Å². The summed E-state index contributed by atoms with van der Waals surface area (Å²) in [5.74, 6) is -1.51. The molecule has 0 aromatic carbocycles. The molecule has 39 nitrogen and oxygen atoms in total. The van der Waals surface area contributed by atoms with Crippen LogP contribution in [0.2, 0.25) is 0 Å². The Morgan fingerprint density at radius 2 is 0.475 bits per heavy atom. The van der Waals surface area contributed by atoms with Crippen molar-refractivity contribution in [2.45, 2.75) is 499 Å². The van der Waals surface area contributed by atoms with E-state index in [1.165, 1.54) is 0 Å². The highest BCUT2D eigenvalue weighted by atomic mass is 16.6. The van der Waals surface area contributed by atoms with Crippen molar-refractivity contribution in [3.05, 3.63) is 0 Å². The largest absolute Gasteiger partial charge is 0.390 e. The van der Waals surface area contributed by atoms with Crippen molar-refractivity contribution < 1.29 is 163 Å². The number of ketones is 8. The van der Waals surface area contributed by atoms with E-state index in [-0.39, 0.29) is 155 Å². The van der Waals surface area contributed by atoms with Gasteiger partial charge in [0.25, 0.3) is 0 Å². The average Bonchev–Trinajstić information content (AvgIpc) is 1.73. The first-order chi connectivity index (χ1) is 64.0. The summed E-state index contributed by atoms with van der Waals surface area (Å²) >= 11 is 0. The van der Waals surface area contributed by atoms with E-state index in [0.717, 1.165) is 12.8 Å². The van der Waals surface area contributed by atoms with Gasteiger partial charge < -0.3 is 157 Å². The van der Waals surface area contributed by atoms with Gasteiger partial charge in [0.05, 0.1) is 67.0 Å². The first kappa shape index (κ1) is 133. The first-order valence-corrected chi connectivity index (χ1v) is 50.6. The SMILES string of the molecule is CC(C)CC1C(C)O[C@H](C(=O)C(C)C)C(O)[C@@H]1O.CC(C)CC[C@@H]1O[C@H](C(=O)C(C)C)[C@@H](O)[C@H](O)[C@H]1O.CC(C)NC[C@H]1OC(C(=O)C(C)C)C(O)C1O.CC(C)NC[C@H]1OC(CC(=O)C(C)C)C(O)C1O.CC(C)NC[C@H]1O[C@@H](C(=O)C(C)C)C(O)C1O.CC(C)NC[C@H]1O[C@@H](CC(=O)C(C)C)C(O)C1O.CC(C)N[C@H]1[C@@H](O)[C@@H](O)O[C@@H]1C(=O)C(C)C.CC(C)N[C@H]1[C@@H](O)[C@@H](O)O[C@H]1C(=O)C(C)C. The molecular formula is C100H190N6O33. The lowest BCUT2D eigenvalue weighted by molar-refractivity contribution is -0.222. The number of hydrogen-bond donors (Lipinski definition) is 23. The second-order valence-corrected chi connectivity index (χ2v) is 43.4. The van der Waals surface area contributed by atoms with Crippen LogP contribution in [0.15, 0.2) is 0 Å². The molecule has 818 valence electrons. The molecule has 8 aliphatic heterocycles. The van der Waals surface area contributed by atoms with E-state index in [9.17, 15) is 125 Å². The summed E-state index contributed by atoms with van der Waals surface area (Å²) in [5.41, 5.74) is 0. The first-order valence-electron chi connectivity index (χ1n) is 50.6. The van der Waals surface area contributed by atoms with Crippen LogP contribution in [0.3, 0.4) is 0 Å². The zero-order valence-corrected chi connectivity index (χ0v) is 89.4. The Labute approximate surface area is 827 Å². The van der Waals surface area contributed by atoms with Crippen LogP contribution in [0.4, 0.5) is 0 Å². The molecule has 0 aromatic rings. The van der Waals surface area contributed by atoms with Gasteiger partial charge in [0, 0.05) is 129 Å². The van der Waals surface area contributed by atoms with Crippen molar-refractivity contribution in [2.75, 3.05) is 26.2 Å². The van der Waals surface area contributed by atoms with Crippen LogP contribution in [-0.4, -0.2) is 397 Å². The van der Waals surface area contributed by atoms with Gasteiger partial charge >= 0.3 is 0 Å². The predicted octanol–water partition coefficient (Wildman–Crippen LogP) is 0.768. The lowest BCUT2D eigenvalue weighted by atomic mass is 9.80. The van der Waals surface area contributed by atoms with Crippen molar-refractivity contribution in [2.24, 2.45) is 65.1 Å². The minimum Gasteiger partial charge on any atom is -0.390 e. The van der Waals surface area contributed by atoms with E-state index >= 15 is 0 Å². The summed E-state index contributed by atoms with van der Waals surface area (Å²) < 4.78 is 43.4. The molecule has 139 heavy (non-hydrogen) atoms. The molecule has 0 spiro atoms. The van der Waals surface area contributed by atoms with Gasteiger partial charge in [0.2, 0.25) is 0 Å². The Kier molecular flexibility index (Phi) is 61.0. The van der Waals surface area contributed by atoms with E-state index in [1.54, 1.807) is 83.1 Å². The molecule has 8 heterocycles. The number of Topliss-reactive ketones (excluding diaryl/α,β-unsaturated/α-hetero) is 8. The van der Waals surface area contributed by atoms with E-state index < -0.39 is 196 Å². The monoisotopic (exact) mass is 2000 g/mol. The summed E-state index contributed by atoms with van der Waals surface area (Å²) in [5, 5.41) is 185. The summed E-state index contributed by atoms with van der Waals surface area (Å²) in [6.45, 7) is 63.8. The van der Waals surface area contributed by atoms with Crippen LogP contribution in [-0.2, 0) is 76.3 Å². The summed E-state index contributed by atoms with van der Waals surface area (Å²) in [7, 11) is 0. The molecule has 0 saturated carbocycles. The molecule has 8 saturated heterocycles. The van der Waals surface area contributed by atoms with E-state index in [0.29, 0.717) is 44.4 Å². The van der Waals surface area contributed by atoms with Crippen molar-refractivity contribution in [1.29, 1.82) is 0 Å². The minimum atomic E-state index is -1.36. The Morgan fingerprint density at radius 3 is 0.734 bits per heavy atom. The lowest BCUT2D eigenvalue weighted by Crippen LogP contribution is -2.60. The maximum atomic E-state index is 12.0. The third kappa shape index (κ3) is 43.1. The van der Waals surface area contributed by atoms with Gasteiger partial charge in [-0.2, -0.15) is 0 Å². The predicted molar refractivity (Wildman–Crippen MR) is 521 cm³/mol. The highest BCUT2D eigenvalue weighted by Crippen LogP contribution is 2.35. The Bertz CT molecular complexity index is 3360. The van der Waals surface area contributed by atoms with Gasteiger partial charge in [-0.05, 0) is 38.0 Å². The van der Waals surface area contributed by atoms with Crippen molar-refractivity contribution >= 4 is 46.3 Å². The highest BCUT2D eigenvalue weighted by molar-refractivity contribution is 5.88. The third-order valence-corrected chi connectivity index (χ3v) is 24.9. The van der Waals surface area contributed by atoms with Crippen molar-refractivity contribution in [3.63, 3.8) is 0 Å². The molecule has 34 atom stereocenters. The van der Waals surface area contributed by atoms with Gasteiger partial charge in [-0.1, -0.05) is 222 Å². The zero-order chi connectivity index (χ0) is 108. The summed E-state index contributed by atoms with van der Waals surface area (Å²) in [6.07, 6.45) is -25.3. The van der Waals surface area contributed by atoms with Gasteiger partial charge in [-0.15, -0.1) is 0 Å². The molecule has 0 radical (unpaired) electrons. The van der Waals surface area contributed by atoms with Gasteiger partial charge in [-0.25, -0.2) is 0 Å². The fourth-order valence-corrected chi connectivity index (χ4v) is 16.0. The van der Waals surface area contributed by atoms with E-state index in [4.69, 9.17) is 37.9 Å². The molecule has 0 bridgehead atoms. The third-order valence-electron chi connectivity index (χ3n) is 24.9. The highest BCUT2D eigenvalue weighted by Gasteiger charge is 2.54. The number of aliphatic hydroxyl groups is 17. The van der Waals surface area contributed by atoms with Crippen LogP contribution in [0.5, 0.6) is 0 Å². The fraction of sp³-hybridized carbons (Fsp3) is 0.920. The van der Waals surface area contributed by atoms with Crippen LogP contribution < -0.4 is 31.9 Å². The van der Waals surface area contributed by atoms with Crippen LogP contribution in [0.25, 0.3) is 0 Å². The molecule has 23 N–H and O–H groups in total. The van der Waals surface area contributed by atoms with Crippen molar-refractivity contribution in [3.8, 4) is 0 Å². The summed E-state index contributed by atoms with van der Waals surface area (Å²) in [4.78, 5) is 94.4. The maximum Gasteiger partial charge on any atom is 0.183 e. The normalized spacial score (nSPS) is 34.4. The molecule has 13 unspecified atom stereocenters. The van der Waals surface area contributed by atoms with Gasteiger partial charge in [0.1, 0.15) is 134 Å². The average molecular weight is 2000 g/mol. The number of ether oxygens (including phenoxy) is 8. The molecular weight excluding hydrogens is 1810 g/mol. The van der Waals surface area contributed by atoms with Gasteiger partial charge in [-0.3, -0.25) is 38.4 Å². The second kappa shape index (κ2) is 63.7. The number of nitrogens with one attached hydrogen (secondary N) is 6. The second-order valence-electron chi connectivity index (χ2n) is 43.4. The molecule has 8 aliphatic rings. The minimum absolute atomic E-state index is 0.0451. The van der Waals surface area contributed by atoms with E-state index in [1.807, 2.05) is 118 Å². The molecule has 39 heteroatoms. The Morgan fingerprint density at radius 1 is 0.237 bits per heavy atom. The number of carbonyl (C=O) groups is 8. The molecule has 0 amide bonds. The lowest BCUT2D eigenvalue weighted by Gasteiger charge is -2.42. The van der Waals surface area contributed by atoms with Crippen LogP contribution in [0.1, 0.15) is 261 Å². The molecule has 0 aromatic heterocycles. The Balaban J connectivity index is 0.000000795. The number of aliphatic hydroxyl groups excluding tert-OH is 17. The number of rotatable bonds is 39. The summed E-state index contributed by atoms with van der Waals surface area (Å²) in [6, 6.07) is 0.246. The quantitative estimate of drug-likeness (QED) is 0.0404. The van der Waals surface area contributed by atoms with Gasteiger partial charge in [0.15, 0.2) is 47.3 Å². The smallest absolute Gasteiger partial charge is 0.183 e. The molecule has 8 rings (SSSR count). The van der Waals surface area contributed by atoms with E-state index in [2.05, 4.69) is 59.6 Å². The molecule has 0 aliphatic carbocycles. The zero-order valence-electron chi connectivity index (χ0n) is 89.4. The standard InChI is InChI=1S/C14H26O5.C14H26O4.2C13H25NO4.2C12H23NO4.2C11H21NO4/c1-7(2)5-6-9-11(16)12(17)13(18)14(19-9)10(15)8(3)4;1-7(2)6-10-9(5)18-14(11(15)8(3)4)13(17)12(10)16;2*1-7(2)9(15)5-10-12(16)13(17)11(18-10)6-14-8(3)4;2*1-6(2)9(14)12-11(16)10(15)8(17-12)5-13-7(3)4;2*1-5(2)8(13)10-7(12-6(3)4)9(14)11(15)16-10/h7-9,11-14,16-18H,5-6H2,1-4H3;7-10,12-14,16-17H,6H2,1-5H3;2*7-8,10-14,16-17H,5-6H2,1-4H3;2*6-8,10-13,15-16H,5H2,1-4H3;2*5-7,9-12,14-15H,1-4H3/t9-,11-,12+,13-,14+;9?,10?,12-,13?,14-;10?,11-,12?,13?;10-,11+,12?,13?;8-,10?,11?,12?;8-,10?,11?,12+;7-,9+,10+,11-;7-,9+,10-,11-/m01101100/s1. The molecule has 8 fully saturated rings. The van der Waals surface area contributed by atoms with Crippen molar-refractivity contribution in [1.82, 2.24) is 31.9 Å². The fourth-order valence-electron chi connectivity index (χ4n) is 16.0. The van der Waals surface area contributed by atoms with Crippen LogP contribution >= 0.6 is 0 Å². The topological polar surface area (TPSA) is 626 Å². The number of hydrogen-bond acceptors (Lipinski definition) is 39. The Hall–Kier alpha value is -3.88. The number of carbonyl (C=O) groups excluding carboxylic acids is 8. The maximum absolute atomic E-state index is 12.0.